The lowest BCUT2D eigenvalue weighted by Gasteiger charge is -2.26. The highest BCUT2D eigenvalue weighted by atomic mass is 32.1. The second-order valence-electron chi connectivity index (χ2n) is 10.6. The smallest absolute Gasteiger partial charge is 0.0554 e. The molecule has 7 aromatic carbocycles. The molecule has 0 aliphatic rings. The standard InChI is InChI=1S/C40H27NS/c1-2-14-34(15-3-1)41(37-17-9-19-39-40(37)36-16-6-7-18-38(36)42-39)35-24-22-29(23-25-35)31-12-8-13-32(26-31)33-21-20-28-10-4-5-11-30(28)27-33/h1-27H. The van der Waals surface area contributed by atoms with Crippen molar-refractivity contribution >= 4 is 59.3 Å². The molecule has 0 radical (unpaired) electrons. The first kappa shape index (κ1) is 24.6. The van der Waals surface area contributed by atoms with Crippen molar-refractivity contribution in [1.82, 2.24) is 0 Å². The Morgan fingerprint density at radius 2 is 1.00 bits per heavy atom. The maximum Gasteiger partial charge on any atom is 0.0554 e. The van der Waals surface area contributed by atoms with Crippen molar-refractivity contribution in [3.63, 3.8) is 0 Å². The zero-order valence-electron chi connectivity index (χ0n) is 22.9. The number of hydrogen-bond acceptors (Lipinski definition) is 2. The summed E-state index contributed by atoms with van der Waals surface area (Å²) in [6, 6.07) is 59.2. The molecule has 0 aliphatic carbocycles. The number of hydrogen-bond donors (Lipinski definition) is 0. The molecule has 8 aromatic rings. The van der Waals surface area contributed by atoms with Crippen molar-refractivity contribution in [2.24, 2.45) is 0 Å². The van der Waals surface area contributed by atoms with Gasteiger partial charge in [-0.1, -0.05) is 109 Å². The van der Waals surface area contributed by atoms with Crippen molar-refractivity contribution in [1.29, 1.82) is 0 Å². The molecule has 0 spiro atoms. The summed E-state index contributed by atoms with van der Waals surface area (Å²) in [4.78, 5) is 2.39. The highest BCUT2D eigenvalue weighted by molar-refractivity contribution is 7.26. The molecule has 1 heterocycles. The minimum atomic E-state index is 1.14. The van der Waals surface area contributed by atoms with E-state index >= 15 is 0 Å². The van der Waals surface area contributed by atoms with Crippen LogP contribution in [0.4, 0.5) is 17.1 Å². The summed E-state index contributed by atoms with van der Waals surface area (Å²) in [6.45, 7) is 0. The third-order valence-corrected chi connectivity index (χ3v) is 9.18. The second-order valence-corrected chi connectivity index (χ2v) is 11.7. The first-order valence-electron chi connectivity index (χ1n) is 14.3. The van der Waals surface area contributed by atoms with Crippen LogP contribution >= 0.6 is 11.3 Å². The Labute approximate surface area is 249 Å². The summed E-state index contributed by atoms with van der Waals surface area (Å²) in [6.07, 6.45) is 0. The fourth-order valence-corrected chi connectivity index (χ4v) is 7.12. The SMILES string of the molecule is c1ccc(N(c2ccc(-c3cccc(-c4ccc5ccccc5c4)c3)cc2)c2cccc3sc4ccccc4c23)cc1. The third-order valence-electron chi connectivity index (χ3n) is 8.04. The van der Waals surface area contributed by atoms with Gasteiger partial charge in [-0.2, -0.15) is 0 Å². The van der Waals surface area contributed by atoms with Gasteiger partial charge in [0, 0.05) is 31.5 Å². The van der Waals surface area contributed by atoms with Crippen LogP contribution in [0.3, 0.4) is 0 Å². The summed E-state index contributed by atoms with van der Waals surface area (Å²) in [5, 5.41) is 5.13. The van der Waals surface area contributed by atoms with Gasteiger partial charge in [-0.15, -0.1) is 11.3 Å². The van der Waals surface area contributed by atoms with Gasteiger partial charge < -0.3 is 4.90 Å². The predicted octanol–water partition coefficient (Wildman–Crippen LogP) is 12.0. The number of thiophene rings is 1. The number of benzene rings is 7. The molecule has 0 saturated carbocycles. The topological polar surface area (TPSA) is 3.24 Å². The Morgan fingerprint density at radius 3 is 1.86 bits per heavy atom. The molecule has 0 bridgehead atoms. The molecule has 42 heavy (non-hydrogen) atoms. The molecular weight excluding hydrogens is 527 g/mol. The van der Waals surface area contributed by atoms with Crippen LogP contribution in [-0.2, 0) is 0 Å². The molecule has 1 aromatic heterocycles. The third kappa shape index (κ3) is 4.34. The Balaban J connectivity index is 1.21. The maximum atomic E-state index is 2.39. The minimum absolute atomic E-state index is 1.14. The highest BCUT2D eigenvalue weighted by Crippen LogP contribution is 2.44. The summed E-state index contributed by atoms with van der Waals surface area (Å²) < 4.78 is 2.62. The van der Waals surface area contributed by atoms with Crippen LogP contribution < -0.4 is 4.90 Å². The van der Waals surface area contributed by atoms with Gasteiger partial charge >= 0.3 is 0 Å². The molecule has 0 aliphatic heterocycles. The molecule has 0 unspecified atom stereocenters. The van der Waals surface area contributed by atoms with Crippen molar-refractivity contribution < 1.29 is 0 Å². The van der Waals surface area contributed by atoms with E-state index in [1.807, 2.05) is 11.3 Å². The molecule has 198 valence electrons. The molecule has 0 saturated heterocycles. The van der Waals surface area contributed by atoms with Crippen LogP contribution in [-0.4, -0.2) is 0 Å². The van der Waals surface area contributed by atoms with Crippen molar-refractivity contribution in [2.75, 3.05) is 4.90 Å². The quantitative estimate of drug-likeness (QED) is 0.205. The number of anilines is 3. The van der Waals surface area contributed by atoms with E-state index in [0.29, 0.717) is 0 Å². The Hall–Kier alpha value is -5.18. The lowest BCUT2D eigenvalue weighted by molar-refractivity contribution is 1.30. The lowest BCUT2D eigenvalue weighted by atomic mass is 9.97. The molecule has 0 atom stereocenters. The Bertz CT molecular complexity index is 2190. The highest BCUT2D eigenvalue weighted by Gasteiger charge is 2.18. The average Bonchev–Trinajstić information content (AvgIpc) is 3.45. The Kier molecular flexibility index (Phi) is 6.05. The monoisotopic (exact) mass is 553 g/mol. The van der Waals surface area contributed by atoms with Gasteiger partial charge in [0.15, 0.2) is 0 Å². The van der Waals surface area contributed by atoms with Crippen LogP contribution in [0.2, 0.25) is 0 Å². The predicted molar refractivity (Wildman–Crippen MR) is 182 cm³/mol. The number of rotatable bonds is 5. The second kappa shape index (κ2) is 10.3. The molecule has 0 N–H and O–H groups in total. The van der Waals surface area contributed by atoms with Crippen LogP contribution in [0.5, 0.6) is 0 Å². The van der Waals surface area contributed by atoms with Gasteiger partial charge in [-0.3, -0.25) is 0 Å². The number of fused-ring (bicyclic) bond motifs is 4. The summed E-state index contributed by atoms with van der Waals surface area (Å²) in [5.41, 5.74) is 8.35. The fraction of sp³-hybridized carbons (Fsp3) is 0. The average molecular weight is 554 g/mol. The molecule has 1 nitrogen and oxygen atoms in total. The fourth-order valence-electron chi connectivity index (χ4n) is 6.00. The molecule has 0 fully saturated rings. The van der Waals surface area contributed by atoms with Gasteiger partial charge in [0.1, 0.15) is 0 Å². The van der Waals surface area contributed by atoms with E-state index in [1.165, 1.54) is 58.9 Å². The van der Waals surface area contributed by atoms with E-state index in [1.54, 1.807) is 0 Å². The van der Waals surface area contributed by atoms with Gasteiger partial charge in [0.05, 0.1) is 5.69 Å². The number of para-hydroxylation sites is 1. The van der Waals surface area contributed by atoms with Crippen LogP contribution in [0.15, 0.2) is 164 Å². The van der Waals surface area contributed by atoms with Gasteiger partial charge in [0.25, 0.3) is 0 Å². The minimum Gasteiger partial charge on any atom is -0.310 e. The van der Waals surface area contributed by atoms with Crippen molar-refractivity contribution in [2.45, 2.75) is 0 Å². The largest absolute Gasteiger partial charge is 0.310 e. The van der Waals surface area contributed by atoms with Gasteiger partial charge in [-0.25, -0.2) is 0 Å². The van der Waals surface area contributed by atoms with E-state index in [0.717, 1.165) is 11.4 Å². The molecule has 2 heteroatoms. The van der Waals surface area contributed by atoms with Crippen molar-refractivity contribution in [3.05, 3.63) is 164 Å². The molecule has 0 amide bonds. The number of nitrogens with zero attached hydrogens (tertiary/aromatic N) is 1. The summed E-state index contributed by atoms with van der Waals surface area (Å²) in [7, 11) is 0. The zero-order valence-corrected chi connectivity index (χ0v) is 23.8. The maximum absolute atomic E-state index is 2.39. The van der Waals surface area contributed by atoms with Gasteiger partial charge in [-0.05, 0) is 87.6 Å². The van der Waals surface area contributed by atoms with E-state index in [9.17, 15) is 0 Å². The van der Waals surface area contributed by atoms with Crippen molar-refractivity contribution in [3.8, 4) is 22.3 Å². The van der Waals surface area contributed by atoms with Crippen LogP contribution in [0.1, 0.15) is 0 Å². The van der Waals surface area contributed by atoms with E-state index in [4.69, 9.17) is 0 Å². The van der Waals surface area contributed by atoms with Crippen LogP contribution in [0, 0.1) is 0 Å². The summed E-state index contributed by atoms with van der Waals surface area (Å²) >= 11 is 1.86. The first-order valence-corrected chi connectivity index (χ1v) is 15.1. The first-order chi connectivity index (χ1) is 20.8. The van der Waals surface area contributed by atoms with E-state index in [2.05, 4.69) is 169 Å². The lowest BCUT2D eigenvalue weighted by Crippen LogP contribution is -2.10. The molecular formula is C40H27NS. The molecule has 8 rings (SSSR count). The van der Waals surface area contributed by atoms with Crippen LogP contribution in [0.25, 0.3) is 53.2 Å². The Morgan fingerprint density at radius 1 is 0.381 bits per heavy atom. The van der Waals surface area contributed by atoms with Gasteiger partial charge in [0.2, 0.25) is 0 Å². The zero-order chi connectivity index (χ0) is 27.9. The summed E-state index contributed by atoms with van der Waals surface area (Å²) in [5.74, 6) is 0. The van der Waals surface area contributed by atoms with E-state index < -0.39 is 0 Å². The normalized spacial score (nSPS) is 11.3. The van der Waals surface area contributed by atoms with E-state index in [-0.39, 0.29) is 0 Å².